The summed E-state index contributed by atoms with van der Waals surface area (Å²) in [5.41, 5.74) is 0. The summed E-state index contributed by atoms with van der Waals surface area (Å²) in [5, 5.41) is 47.9. The van der Waals surface area contributed by atoms with Crippen LogP contribution in [0.1, 0.15) is 106 Å². The van der Waals surface area contributed by atoms with Crippen molar-refractivity contribution in [1.82, 2.24) is 52.3 Å². The second-order valence-electron chi connectivity index (χ2n) is 15.6. The van der Waals surface area contributed by atoms with Crippen LogP contribution in [0.25, 0.3) is 0 Å². The molecule has 0 spiro atoms. The number of nitrogens with zero attached hydrogens (tertiary/aromatic N) is 2. The summed E-state index contributed by atoms with van der Waals surface area (Å²) in [6.45, 7) is 14.3. The Labute approximate surface area is 411 Å². The summed E-state index contributed by atoms with van der Waals surface area (Å²) in [6.07, 6.45) is -0.0905. The Morgan fingerprint density at radius 2 is 1.39 bits per heavy atom. The molecule has 0 aromatic carbocycles. The lowest BCUT2D eigenvalue weighted by molar-refractivity contribution is -0.143. The van der Waals surface area contributed by atoms with E-state index in [1.165, 1.54) is 16.7 Å². The van der Waals surface area contributed by atoms with Crippen LogP contribution in [0.15, 0.2) is 0 Å². The molecule has 1 aliphatic heterocycles. The van der Waals surface area contributed by atoms with E-state index in [2.05, 4.69) is 42.5 Å². The van der Waals surface area contributed by atoms with Gasteiger partial charge in [-0.25, -0.2) is 0 Å². The number of nitrogens with one attached hydrogen (secondary N) is 8. The lowest BCUT2D eigenvalue weighted by Gasteiger charge is -2.36. The molecule has 26 heteroatoms. The standard InChI is InChI=1S/C37H61N8O14P.C5H12N2O.C2H6/c1-6-11-24(33(56)38-16-15-29(51)45-17-10-9-12-25(45)34(57)40-20-27(49)41-23(21-46)18-31(54)55)44(7-2)37(59)36(60(5)8-3)43-35(58)32(22(4)47)42-28(50)19-39-26(48)13-14-30(52)53;1-3-7-5(8)4-6-2;1-2/h21-25,32,36,47H,6-20H2,1-5H3,(H,38,56)(H,39,48)(H,40,57)(H,41,49)(H,42,50)(H,43,58)(H,52,53)(H,54,55);6H,3-4H2,1-2H3,(H,7,8);1-2H3. The van der Waals surface area contributed by atoms with E-state index in [9.17, 15) is 62.6 Å². The molecule has 70 heavy (non-hydrogen) atoms. The molecule has 400 valence electrons. The number of likely N-dealkylation sites (tertiary alicyclic amines) is 1. The molecule has 7 atom stereocenters. The third kappa shape index (κ3) is 26.8. The number of carbonyl (C=O) groups excluding carboxylic acids is 10. The van der Waals surface area contributed by atoms with Crippen molar-refractivity contribution in [3.63, 3.8) is 0 Å². The number of carboxylic acids is 2. The van der Waals surface area contributed by atoms with Crippen molar-refractivity contribution in [1.29, 1.82) is 0 Å². The Balaban J connectivity index is 0. The zero-order chi connectivity index (χ0) is 53.9. The lowest BCUT2D eigenvalue weighted by Crippen LogP contribution is -2.59. The van der Waals surface area contributed by atoms with Gasteiger partial charge in [0.25, 0.3) is 0 Å². The molecule has 11 N–H and O–H groups in total. The van der Waals surface area contributed by atoms with Crippen molar-refractivity contribution in [2.75, 3.05) is 65.7 Å². The van der Waals surface area contributed by atoms with E-state index < -0.39 is 129 Å². The number of hydrogen-bond donors (Lipinski definition) is 11. The van der Waals surface area contributed by atoms with Crippen LogP contribution >= 0.6 is 7.92 Å². The highest BCUT2D eigenvalue weighted by Gasteiger charge is 2.38. The van der Waals surface area contributed by atoms with Crippen molar-refractivity contribution in [3.05, 3.63) is 0 Å². The highest BCUT2D eigenvalue weighted by atomic mass is 31.1. The van der Waals surface area contributed by atoms with Gasteiger partial charge in [0.05, 0.1) is 44.6 Å². The zero-order valence-corrected chi connectivity index (χ0v) is 43.0. The second kappa shape index (κ2) is 38.0. The molecule has 9 amide bonds. The van der Waals surface area contributed by atoms with Gasteiger partial charge >= 0.3 is 11.9 Å². The van der Waals surface area contributed by atoms with Gasteiger partial charge in [-0.2, -0.15) is 0 Å². The first-order valence-electron chi connectivity index (χ1n) is 23.6. The van der Waals surface area contributed by atoms with Crippen LogP contribution in [0, 0.1) is 0 Å². The van der Waals surface area contributed by atoms with Crippen molar-refractivity contribution < 1.29 is 72.9 Å². The van der Waals surface area contributed by atoms with E-state index in [0.717, 1.165) is 0 Å². The first-order chi connectivity index (χ1) is 33.1. The summed E-state index contributed by atoms with van der Waals surface area (Å²) < 4.78 is 0. The number of carboxylic acid groups (broad SMARTS) is 2. The van der Waals surface area contributed by atoms with Gasteiger partial charge < -0.3 is 72.4 Å². The lowest BCUT2D eigenvalue weighted by atomic mass is 10.0. The van der Waals surface area contributed by atoms with E-state index in [0.29, 0.717) is 44.9 Å². The summed E-state index contributed by atoms with van der Waals surface area (Å²) in [4.78, 5) is 150. The summed E-state index contributed by atoms with van der Waals surface area (Å²) in [5.74, 6) is -9.02. The summed E-state index contributed by atoms with van der Waals surface area (Å²) >= 11 is 0. The predicted molar refractivity (Wildman–Crippen MR) is 259 cm³/mol. The monoisotopic (exact) mass is 1020 g/mol. The SMILES string of the molecule is CC.CCCC(C(=O)NCCC(=O)N1CCCCC1C(=O)NCC(=O)NC(C=O)CC(=O)O)N(CC)C(=O)C(NC(=O)C(NC(=O)CNC(=O)CCC(=O)O)C(C)O)P(C)CC.CCNC(=O)CNC. The van der Waals surface area contributed by atoms with Crippen molar-refractivity contribution in [2.24, 2.45) is 0 Å². The van der Waals surface area contributed by atoms with Gasteiger partial charge in [0, 0.05) is 39.0 Å². The number of likely N-dealkylation sites (N-methyl/N-ethyl adjacent to an activating group) is 3. The van der Waals surface area contributed by atoms with E-state index in [-0.39, 0.29) is 51.1 Å². The van der Waals surface area contributed by atoms with Crippen LogP contribution in [0.2, 0.25) is 0 Å². The van der Waals surface area contributed by atoms with Crippen LogP contribution in [0.3, 0.4) is 0 Å². The number of amides is 9. The maximum atomic E-state index is 14.2. The number of aliphatic hydroxyl groups excluding tert-OH is 1. The van der Waals surface area contributed by atoms with Crippen molar-refractivity contribution in [3.8, 4) is 0 Å². The quantitative estimate of drug-likeness (QED) is 0.0273. The molecule has 0 aliphatic carbocycles. The highest BCUT2D eigenvalue weighted by molar-refractivity contribution is 7.58. The molecule has 1 rings (SSSR count). The second-order valence-corrected chi connectivity index (χ2v) is 18.3. The topological polar surface area (TPSA) is 368 Å². The Hall–Kier alpha value is -5.81. The molecule has 0 aromatic rings. The minimum Gasteiger partial charge on any atom is -0.481 e. The third-order valence-corrected chi connectivity index (χ3v) is 12.4. The number of aliphatic hydroxyl groups is 1. The molecule has 0 bridgehead atoms. The average molecular weight is 1020 g/mol. The fraction of sp³-hybridized carbons (Fsp3) is 0.727. The molecule has 0 radical (unpaired) electrons. The van der Waals surface area contributed by atoms with Crippen LogP contribution in [-0.4, -0.2) is 198 Å². The Kier molecular flexibility index (Phi) is 36.0. The molecule has 1 heterocycles. The number of hydrogen-bond acceptors (Lipinski definition) is 14. The fourth-order valence-corrected chi connectivity index (χ4v) is 7.85. The number of piperidine rings is 1. The molecule has 0 saturated carbocycles. The first-order valence-corrected chi connectivity index (χ1v) is 25.7. The average Bonchev–Trinajstić information content (AvgIpc) is 3.32. The van der Waals surface area contributed by atoms with Gasteiger partial charge in [-0.1, -0.05) is 42.0 Å². The van der Waals surface area contributed by atoms with E-state index >= 15 is 0 Å². The van der Waals surface area contributed by atoms with E-state index in [4.69, 9.17) is 10.2 Å². The van der Waals surface area contributed by atoms with Gasteiger partial charge in [-0.15, -0.1) is 0 Å². The van der Waals surface area contributed by atoms with Gasteiger partial charge in [-0.05, 0) is 66.3 Å². The molecule has 1 fully saturated rings. The largest absolute Gasteiger partial charge is 0.481 e. The van der Waals surface area contributed by atoms with Gasteiger partial charge in [0.2, 0.25) is 53.2 Å². The normalized spacial score (nSPS) is 15.3. The van der Waals surface area contributed by atoms with Crippen LogP contribution < -0.4 is 42.5 Å². The number of carbonyl (C=O) groups is 12. The number of aldehydes is 1. The maximum absolute atomic E-state index is 14.2. The Bertz CT molecular complexity index is 1720. The highest BCUT2D eigenvalue weighted by Crippen LogP contribution is 2.36. The number of aliphatic carboxylic acids is 2. The summed E-state index contributed by atoms with van der Waals surface area (Å²) in [6, 6.07) is -4.73. The van der Waals surface area contributed by atoms with Crippen LogP contribution in [0.5, 0.6) is 0 Å². The van der Waals surface area contributed by atoms with Gasteiger partial charge in [0.1, 0.15) is 30.2 Å². The minimum absolute atomic E-state index is 0.0509. The Morgan fingerprint density at radius 1 is 0.757 bits per heavy atom. The predicted octanol–water partition coefficient (Wildman–Crippen LogP) is -2.05. The molecule has 25 nitrogen and oxygen atoms in total. The van der Waals surface area contributed by atoms with Gasteiger partial charge in [0.15, 0.2) is 0 Å². The fourth-order valence-electron chi connectivity index (χ4n) is 6.62. The molecular formula is C44H79N10O15P. The first kappa shape index (κ1) is 66.3. The van der Waals surface area contributed by atoms with E-state index in [1.54, 1.807) is 20.6 Å². The molecule has 1 aliphatic rings. The minimum atomic E-state index is -1.54. The zero-order valence-electron chi connectivity index (χ0n) is 42.1. The van der Waals surface area contributed by atoms with E-state index in [1.807, 2.05) is 34.6 Å². The molecule has 1 saturated heterocycles. The van der Waals surface area contributed by atoms with Crippen LogP contribution in [0.4, 0.5) is 0 Å². The summed E-state index contributed by atoms with van der Waals surface area (Å²) in [7, 11) is 0.504. The van der Waals surface area contributed by atoms with Gasteiger partial charge in [-0.3, -0.25) is 52.7 Å². The molecular weight excluding hydrogens is 940 g/mol. The number of rotatable bonds is 30. The molecule has 7 unspecified atom stereocenters. The van der Waals surface area contributed by atoms with Crippen molar-refractivity contribution in [2.45, 2.75) is 142 Å². The van der Waals surface area contributed by atoms with Crippen molar-refractivity contribution >= 4 is 79.3 Å². The third-order valence-electron chi connectivity index (χ3n) is 10.2. The maximum Gasteiger partial charge on any atom is 0.305 e. The molecule has 0 aromatic heterocycles. The van der Waals surface area contributed by atoms with Crippen LogP contribution in [-0.2, 0) is 57.5 Å². The Morgan fingerprint density at radius 3 is 1.91 bits per heavy atom. The smallest absolute Gasteiger partial charge is 0.305 e.